The Morgan fingerprint density at radius 2 is 1.67 bits per heavy atom. The monoisotopic (exact) mass is 708 g/mol. The fourth-order valence-electron chi connectivity index (χ4n) is 4.81. The number of rotatable bonds is 10. The van der Waals surface area contributed by atoms with Crippen molar-refractivity contribution in [3.8, 4) is 16.8 Å². The lowest BCUT2D eigenvalue weighted by molar-refractivity contribution is -0.137. The number of unbranched alkanes of at least 4 members (excludes halogenated alkanes) is 1. The highest BCUT2D eigenvalue weighted by molar-refractivity contribution is 7.90. The van der Waals surface area contributed by atoms with Gasteiger partial charge in [-0.3, -0.25) is 9.36 Å². The Kier molecular flexibility index (Phi) is 9.78. The van der Waals surface area contributed by atoms with Crippen molar-refractivity contribution in [2.45, 2.75) is 43.8 Å². The summed E-state index contributed by atoms with van der Waals surface area (Å²) in [7, 11) is -4.34. The summed E-state index contributed by atoms with van der Waals surface area (Å²) in [4.78, 5) is 26.0. The first kappa shape index (κ1) is 33.5. The Hall–Kier alpha value is -3.91. The van der Waals surface area contributed by atoms with E-state index < -0.39 is 33.4 Å². The van der Waals surface area contributed by atoms with Crippen LogP contribution in [0.2, 0.25) is 8.67 Å². The van der Waals surface area contributed by atoms with Crippen molar-refractivity contribution in [2.24, 2.45) is 0 Å². The lowest BCUT2D eigenvalue weighted by Crippen LogP contribution is -2.30. The number of sulfonamides is 1. The Morgan fingerprint density at radius 1 is 1.00 bits per heavy atom. The Morgan fingerprint density at radius 3 is 2.33 bits per heavy atom. The molecular formula is C31H25Cl2F3N4O4S2. The van der Waals surface area contributed by atoms with Crippen LogP contribution in [0.3, 0.4) is 0 Å². The molecule has 15 heteroatoms. The number of aromatic nitrogens is 3. The molecule has 0 spiro atoms. The Labute approximate surface area is 276 Å². The van der Waals surface area contributed by atoms with Gasteiger partial charge in [-0.1, -0.05) is 91.1 Å². The molecule has 0 saturated heterocycles. The molecule has 1 amide bonds. The van der Waals surface area contributed by atoms with Gasteiger partial charge in [0, 0.05) is 12.0 Å². The zero-order chi connectivity index (χ0) is 33.2. The van der Waals surface area contributed by atoms with E-state index in [9.17, 15) is 31.2 Å². The van der Waals surface area contributed by atoms with Gasteiger partial charge in [-0.15, -0.1) is 16.4 Å². The molecule has 5 aromatic rings. The van der Waals surface area contributed by atoms with E-state index in [4.69, 9.17) is 23.2 Å². The van der Waals surface area contributed by atoms with Crippen LogP contribution in [0, 0.1) is 0 Å². The molecule has 0 unspecified atom stereocenters. The zero-order valence-corrected chi connectivity index (χ0v) is 27.2. The molecule has 8 nitrogen and oxygen atoms in total. The van der Waals surface area contributed by atoms with Gasteiger partial charge in [-0.25, -0.2) is 17.9 Å². The molecule has 0 atom stereocenters. The van der Waals surface area contributed by atoms with Crippen molar-refractivity contribution in [2.75, 3.05) is 0 Å². The van der Waals surface area contributed by atoms with Crippen LogP contribution in [-0.4, -0.2) is 28.7 Å². The Bertz CT molecular complexity index is 2070. The van der Waals surface area contributed by atoms with E-state index >= 15 is 0 Å². The lowest BCUT2D eigenvalue weighted by Gasteiger charge is -2.12. The number of nitrogens with zero attached hydrogens (tertiary/aromatic N) is 3. The van der Waals surface area contributed by atoms with E-state index in [1.807, 2.05) is 11.6 Å². The van der Waals surface area contributed by atoms with Crippen LogP contribution in [0.25, 0.3) is 16.8 Å². The maximum absolute atomic E-state index is 13.7. The Balaban J connectivity index is 1.45. The summed E-state index contributed by atoms with van der Waals surface area (Å²) in [6, 6.07) is 18.8. The molecule has 2 heterocycles. The molecule has 5 rings (SSSR count). The van der Waals surface area contributed by atoms with Gasteiger partial charge in [-0.05, 0) is 41.8 Å². The van der Waals surface area contributed by atoms with Crippen molar-refractivity contribution in [3.63, 3.8) is 0 Å². The number of alkyl halides is 3. The lowest BCUT2D eigenvalue weighted by atomic mass is 10.0. The number of para-hydroxylation sites is 1. The molecule has 0 aliphatic rings. The number of benzene rings is 3. The molecule has 240 valence electrons. The third-order valence-electron chi connectivity index (χ3n) is 7.04. The number of carbonyl (C=O) groups excluding carboxylic acids is 1. The SMILES string of the molecule is CCCCc1nn(-c2ccccc2C(F)(F)F)c(=O)n1Cc1ccc(-c2ccccc2S(=O)(=O)NC(=O)c2cc(Cl)sc2Cl)cc1. The minimum absolute atomic E-state index is 0.0201. The number of hydrogen-bond donors (Lipinski definition) is 1. The summed E-state index contributed by atoms with van der Waals surface area (Å²) < 4.78 is 72.2. The van der Waals surface area contributed by atoms with Gasteiger partial charge in [0.2, 0.25) is 0 Å². The van der Waals surface area contributed by atoms with Crippen LogP contribution >= 0.6 is 34.5 Å². The standard InChI is InChI=1S/C31H25Cl2F3N4O4S2/c1-2-3-12-27-37-40(24-10-6-5-9-23(24)31(34,35)36)30(42)39(27)18-19-13-15-20(16-14-19)21-8-4-7-11-25(21)46(43,44)38-29(41)22-17-26(32)45-28(22)33/h4-11,13-17H,2-3,12,18H2,1H3,(H,38,41). The van der Waals surface area contributed by atoms with E-state index in [-0.39, 0.29) is 31.4 Å². The second kappa shape index (κ2) is 13.4. The number of carbonyl (C=O) groups is 1. The van der Waals surface area contributed by atoms with Crippen LogP contribution in [0.5, 0.6) is 0 Å². The fraction of sp³-hybridized carbons (Fsp3) is 0.194. The van der Waals surface area contributed by atoms with Gasteiger partial charge in [0.25, 0.3) is 15.9 Å². The van der Waals surface area contributed by atoms with E-state index in [1.165, 1.54) is 41.0 Å². The summed E-state index contributed by atoms with van der Waals surface area (Å²) in [5.41, 5.74) is -0.679. The maximum Gasteiger partial charge on any atom is 0.418 e. The highest BCUT2D eigenvalue weighted by Gasteiger charge is 2.35. The quantitative estimate of drug-likeness (QED) is 0.161. The molecule has 0 saturated carbocycles. The number of thiophene rings is 1. The van der Waals surface area contributed by atoms with Gasteiger partial charge in [0.1, 0.15) is 10.2 Å². The van der Waals surface area contributed by atoms with Gasteiger partial charge >= 0.3 is 11.9 Å². The average Bonchev–Trinajstić information content (AvgIpc) is 3.52. The topological polar surface area (TPSA) is 103 Å². The predicted molar refractivity (Wildman–Crippen MR) is 171 cm³/mol. The van der Waals surface area contributed by atoms with E-state index in [0.29, 0.717) is 35.4 Å². The second-order valence-electron chi connectivity index (χ2n) is 10.2. The van der Waals surface area contributed by atoms with Crippen LogP contribution in [0.15, 0.2) is 88.6 Å². The second-order valence-corrected chi connectivity index (χ2v) is 14.1. The smallest absolute Gasteiger partial charge is 0.274 e. The van der Waals surface area contributed by atoms with Gasteiger partial charge in [-0.2, -0.15) is 17.9 Å². The summed E-state index contributed by atoms with van der Waals surface area (Å²) >= 11 is 12.9. The molecule has 1 N–H and O–H groups in total. The van der Waals surface area contributed by atoms with E-state index in [2.05, 4.69) is 5.10 Å². The molecule has 0 fully saturated rings. The van der Waals surface area contributed by atoms with E-state index in [1.54, 1.807) is 36.4 Å². The van der Waals surface area contributed by atoms with Crippen LogP contribution in [-0.2, 0) is 29.2 Å². The van der Waals surface area contributed by atoms with Crippen molar-refractivity contribution < 1.29 is 26.4 Å². The van der Waals surface area contributed by atoms with Crippen LogP contribution in [0.1, 0.15) is 47.1 Å². The maximum atomic E-state index is 13.7. The van der Waals surface area contributed by atoms with Gasteiger partial charge < -0.3 is 0 Å². The van der Waals surface area contributed by atoms with E-state index in [0.717, 1.165) is 28.5 Å². The first-order valence-electron chi connectivity index (χ1n) is 13.9. The van der Waals surface area contributed by atoms with Gasteiger partial charge in [0.15, 0.2) is 0 Å². The molecule has 0 bridgehead atoms. The molecule has 0 aliphatic heterocycles. The summed E-state index contributed by atoms with van der Waals surface area (Å²) in [6.07, 6.45) is -2.85. The summed E-state index contributed by atoms with van der Waals surface area (Å²) in [5, 5.41) is 4.29. The minimum atomic E-state index is -4.68. The van der Waals surface area contributed by atoms with Crippen molar-refractivity contribution in [3.05, 3.63) is 121 Å². The number of nitrogens with one attached hydrogen (secondary N) is 1. The first-order valence-corrected chi connectivity index (χ1v) is 16.9. The highest BCUT2D eigenvalue weighted by atomic mass is 35.5. The summed E-state index contributed by atoms with van der Waals surface area (Å²) in [5.74, 6) is -0.590. The van der Waals surface area contributed by atoms with Crippen LogP contribution in [0.4, 0.5) is 13.2 Å². The summed E-state index contributed by atoms with van der Waals surface area (Å²) in [6.45, 7) is 1.97. The average molecular weight is 710 g/mol. The third-order valence-corrected chi connectivity index (χ3v) is 9.92. The number of hydrogen-bond acceptors (Lipinski definition) is 6. The molecule has 2 aromatic heterocycles. The van der Waals surface area contributed by atoms with Crippen molar-refractivity contribution in [1.82, 2.24) is 19.1 Å². The van der Waals surface area contributed by atoms with Crippen LogP contribution < -0.4 is 10.4 Å². The first-order chi connectivity index (χ1) is 21.8. The molecule has 0 aliphatic carbocycles. The molecule has 0 radical (unpaired) electrons. The van der Waals surface area contributed by atoms with Gasteiger partial charge in [0.05, 0.1) is 32.6 Å². The largest absolute Gasteiger partial charge is 0.418 e. The highest BCUT2D eigenvalue weighted by Crippen LogP contribution is 2.34. The molecule has 46 heavy (non-hydrogen) atoms. The number of amides is 1. The minimum Gasteiger partial charge on any atom is -0.274 e. The number of halogens is 5. The molecule has 3 aromatic carbocycles. The zero-order valence-electron chi connectivity index (χ0n) is 24.0. The van der Waals surface area contributed by atoms with Crippen molar-refractivity contribution >= 4 is 50.5 Å². The predicted octanol–water partition coefficient (Wildman–Crippen LogP) is 7.60. The third kappa shape index (κ3) is 7.07. The molecular weight excluding hydrogens is 684 g/mol. The fourth-order valence-corrected chi connectivity index (χ4v) is 7.46. The number of aryl methyl sites for hydroxylation is 1. The van der Waals surface area contributed by atoms with Crippen molar-refractivity contribution in [1.29, 1.82) is 0 Å². The normalized spacial score (nSPS) is 12.0.